The Bertz CT molecular complexity index is 1200. The van der Waals surface area contributed by atoms with Gasteiger partial charge < -0.3 is 18.8 Å². The third-order valence-electron chi connectivity index (χ3n) is 4.91. The standard InChI is InChI=1S/C23H18N2O5/c1-14-8-19(15(2)25(14)18-6-7-21-22(10-18)30-13-29-21)20(26)12-28-23(27)17-5-3-4-16(9-17)11-24/h3-10H,12-13H2,1-2H3. The van der Waals surface area contributed by atoms with Gasteiger partial charge in [-0.25, -0.2) is 4.79 Å². The van der Waals surface area contributed by atoms with Gasteiger partial charge >= 0.3 is 5.97 Å². The first-order chi connectivity index (χ1) is 14.5. The van der Waals surface area contributed by atoms with Gasteiger partial charge in [0.15, 0.2) is 18.1 Å². The molecule has 30 heavy (non-hydrogen) atoms. The van der Waals surface area contributed by atoms with Gasteiger partial charge in [-0.15, -0.1) is 0 Å². The molecule has 0 radical (unpaired) electrons. The van der Waals surface area contributed by atoms with Crippen LogP contribution in [-0.2, 0) is 4.74 Å². The number of rotatable bonds is 5. The van der Waals surface area contributed by atoms with Crippen molar-refractivity contribution in [2.24, 2.45) is 0 Å². The number of carbonyl (C=O) groups excluding carboxylic acids is 2. The summed E-state index contributed by atoms with van der Waals surface area (Å²) in [5, 5.41) is 8.94. The molecule has 7 heteroatoms. The van der Waals surface area contributed by atoms with E-state index < -0.39 is 5.97 Å². The Balaban J connectivity index is 1.52. The van der Waals surface area contributed by atoms with E-state index in [0.717, 1.165) is 17.1 Å². The summed E-state index contributed by atoms with van der Waals surface area (Å²) in [6.45, 7) is 3.53. The van der Waals surface area contributed by atoms with Crippen molar-refractivity contribution >= 4 is 11.8 Å². The minimum atomic E-state index is -0.648. The highest BCUT2D eigenvalue weighted by Crippen LogP contribution is 2.34. The van der Waals surface area contributed by atoms with Crippen molar-refractivity contribution in [2.75, 3.05) is 13.4 Å². The SMILES string of the molecule is Cc1cc(C(=O)COC(=O)c2cccc(C#N)c2)c(C)n1-c1ccc2c(c1)OCO2. The van der Waals surface area contributed by atoms with Gasteiger partial charge in [0, 0.05) is 28.7 Å². The van der Waals surface area contributed by atoms with Crippen molar-refractivity contribution in [3.05, 3.63) is 76.6 Å². The fourth-order valence-electron chi connectivity index (χ4n) is 3.47. The lowest BCUT2D eigenvalue weighted by Gasteiger charge is -2.11. The van der Waals surface area contributed by atoms with Crippen LogP contribution in [0.4, 0.5) is 0 Å². The predicted molar refractivity (Wildman–Crippen MR) is 107 cm³/mol. The Kier molecular flexibility index (Phi) is 4.98. The molecule has 1 aliphatic heterocycles. The Labute approximate surface area is 173 Å². The van der Waals surface area contributed by atoms with Gasteiger partial charge in [0.2, 0.25) is 12.6 Å². The molecule has 0 N–H and O–H groups in total. The topological polar surface area (TPSA) is 90.6 Å². The minimum absolute atomic E-state index is 0.189. The van der Waals surface area contributed by atoms with Gasteiger partial charge in [0.25, 0.3) is 0 Å². The van der Waals surface area contributed by atoms with E-state index in [4.69, 9.17) is 19.5 Å². The number of fused-ring (bicyclic) bond motifs is 1. The normalized spacial score (nSPS) is 11.8. The van der Waals surface area contributed by atoms with Gasteiger partial charge in [0.1, 0.15) is 0 Å². The van der Waals surface area contributed by atoms with Crippen LogP contribution in [0, 0.1) is 25.2 Å². The summed E-state index contributed by atoms with van der Waals surface area (Å²) in [6.07, 6.45) is 0. The molecular formula is C23H18N2O5. The van der Waals surface area contributed by atoms with Gasteiger partial charge in [-0.1, -0.05) is 6.07 Å². The van der Waals surface area contributed by atoms with Crippen LogP contribution in [0.2, 0.25) is 0 Å². The predicted octanol–water partition coefficient (Wildman–Crippen LogP) is 3.73. The van der Waals surface area contributed by atoms with Gasteiger partial charge in [0.05, 0.1) is 17.2 Å². The van der Waals surface area contributed by atoms with Gasteiger partial charge in [-0.05, 0) is 50.2 Å². The second-order valence-corrected chi connectivity index (χ2v) is 6.85. The molecule has 2 heterocycles. The summed E-state index contributed by atoms with van der Waals surface area (Å²) < 4.78 is 17.9. The Morgan fingerprint density at radius 2 is 1.90 bits per heavy atom. The zero-order chi connectivity index (χ0) is 21.3. The van der Waals surface area contributed by atoms with Crippen LogP contribution < -0.4 is 9.47 Å². The highest BCUT2D eigenvalue weighted by Gasteiger charge is 2.20. The molecule has 0 bridgehead atoms. The largest absolute Gasteiger partial charge is 0.454 e. The number of Topliss-reactive ketones (excluding diaryl/α,β-unsaturated/α-hetero) is 1. The molecule has 1 aromatic heterocycles. The van der Waals surface area contributed by atoms with Crippen LogP contribution in [0.3, 0.4) is 0 Å². The minimum Gasteiger partial charge on any atom is -0.454 e. The number of nitriles is 1. The molecule has 2 aromatic carbocycles. The van der Waals surface area contributed by atoms with Crippen molar-refractivity contribution in [1.29, 1.82) is 5.26 Å². The summed E-state index contributed by atoms with van der Waals surface area (Å²) in [6, 6.07) is 15.5. The van der Waals surface area contributed by atoms with E-state index in [1.54, 1.807) is 24.3 Å². The molecular weight excluding hydrogens is 384 g/mol. The summed E-state index contributed by atoms with van der Waals surface area (Å²) in [5.41, 5.74) is 3.50. The number of aromatic nitrogens is 1. The van der Waals surface area contributed by atoms with Crippen molar-refractivity contribution in [1.82, 2.24) is 4.57 Å². The van der Waals surface area contributed by atoms with Crippen molar-refractivity contribution in [3.8, 4) is 23.3 Å². The molecule has 1 aliphatic rings. The Morgan fingerprint density at radius 1 is 1.10 bits per heavy atom. The fraction of sp³-hybridized carbons (Fsp3) is 0.174. The molecule has 0 amide bonds. The second-order valence-electron chi connectivity index (χ2n) is 6.85. The van der Waals surface area contributed by atoms with E-state index in [-0.39, 0.29) is 24.7 Å². The summed E-state index contributed by atoms with van der Waals surface area (Å²) >= 11 is 0. The molecule has 3 aromatic rings. The van der Waals surface area contributed by atoms with Crippen LogP contribution >= 0.6 is 0 Å². The summed E-state index contributed by atoms with van der Waals surface area (Å²) in [4.78, 5) is 24.9. The van der Waals surface area contributed by atoms with E-state index in [1.807, 2.05) is 42.7 Å². The molecule has 0 saturated carbocycles. The quantitative estimate of drug-likeness (QED) is 0.477. The Hall–Kier alpha value is -4.05. The summed E-state index contributed by atoms with van der Waals surface area (Å²) in [5.74, 6) is 0.385. The zero-order valence-electron chi connectivity index (χ0n) is 16.5. The lowest BCUT2D eigenvalue weighted by molar-refractivity contribution is 0.0474. The average Bonchev–Trinajstić information content (AvgIpc) is 3.34. The average molecular weight is 402 g/mol. The molecule has 0 spiro atoms. The van der Waals surface area contributed by atoms with E-state index in [9.17, 15) is 9.59 Å². The van der Waals surface area contributed by atoms with E-state index in [0.29, 0.717) is 22.6 Å². The second kappa shape index (κ2) is 7.76. The number of nitrogens with zero attached hydrogens (tertiary/aromatic N) is 2. The smallest absolute Gasteiger partial charge is 0.338 e. The van der Waals surface area contributed by atoms with Crippen LogP contribution in [0.5, 0.6) is 11.5 Å². The lowest BCUT2D eigenvalue weighted by atomic mass is 10.1. The molecule has 0 fully saturated rings. The van der Waals surface area contributed by atoms with Gasteiger partial charge in [-0.3, -0.25) is 4.79 Å². The fourth-order valence-corrected chi connectivity index (χ4v) is 3.47. The molecule has 0 aliphatic carbocycles. The number of carbonyl (C=O) groups is 2. The van der Waals surface area contributed by atoms with E-state index in [1.165, 1.54) is 6.07 Å². The molecule has 0 unspecified atom stereocenters. The van der Waals surface area contributed by atoms with Gasteiger partial charge in [-0.2, -0.15) is 5.26 Å². The number of hydrogen-bond acceptors (Lipinski definition) is 6. The first-order valence-corrected chi connectivity index (χ1v) is 9.27. The van der Waals surface area contributed by atoms with Crippen molar-refractivity contribution < 1.29 is 23.8 Å². The lowest BCUT2D eigenvalue weighted by Crippen LogP contribution is -2.15. The third kappa shape index (κ3) is 3.51. The van der Waals surface area contributed by atoms with E-state index in [2.05, 4.69) is 0 Å². The first kappa shape index (κ1) is 19.3. The number of aryl methyl sites for hydroxylation is 1. The monoisotopic (exact) mass is 402 g/mol. The molecule has 150 valence electrons. The number of hydrogen-bond donors (Lipinski definition) is 0. The number of ether oxygens (including phenoxy) is 3. The zero-order valence-corrected chi connectivity index (χ0v) is 16.5. The molecule has 7 nitrogen and oxygen atoms in total. The van der Waals surface area contributed by atoms with Crippen LogP contribution in [0.15, 0.2) is 48.5 Å². The maximum atomic E-state index is 12.7. The maximum absolute atomic E-state index is 12.7. The molecule has 0 atom stereocenters. The number of ketones is 1. The molecule has 0 saturated heterocycles. The highest BCUT2D eigenvalue weighted by atomic mass is 16.7. The summed E-state index contributed by atoms with van der Waals surface area (Å²) in [7, 11) is 0. The van der Waals surface area contributed by atoms with Crippen LogP contribution in [0.1, 0.15) is 37.7 Å². The van der Waals surface area contributed by atoms with Crippen LogP contribution in [0.25, 0.3) is 5.69 Å². The number of esters is 1. The van der Waals surface area contributed by atoms with Crippen molar-refractivity contribution in [2.45, 2.75) is 13.8 Å². The van der Waals surface area contributed by atoms with Crippen molar-refractivity contribution in [3.63, 3.8) is 0 Å². The van der Waals surface area contributed by atoms with E-state index >= 15 is 0 Å². The third-order valence-corrected chi connectivity index (χ3v) is 4.91. The number of benzene rings is 2. The highest BCUT2D eigenvalue weighted by molar-refractivity contribution is 6.00. The Morgan fingerprint density at radius 3 is 2.70 bits per heavy atom. The van der Waals surface area contributed by atoms with Crippen LogP contribution in [-0.4, -0.2) is 29.7 Å². The first-order valence-electron chi connectivity index (χ1n) is 9.27. The maximum Gasteiger partial charge on any atom is 0.338 e. The molecule has 4 rings (SSSR count).